The highest BCUT2D eigenvalue weighted by atomic mass is 32.2. The third-order valence-electron chi connectivity index (χ3n) is 10.0. The molecule has 47 heavy (non-hydrogen) atoms. The summed E-state index contributed by atoms with van der Waals surface area (Å²) in [6.45, 7) is -0.213. The van der Waals surface area contributed by atoms with E-state index in [9.17, 15) is 19.2 Å². The SMILES string of the molecule is COc1ccc(NC(=O)COc2ccccc2[C@@H]2c3sc(=O)[nH]c3S[C@@H]3[C@@H]4C[C@@H]([C@@H]5C(=O)N(c6ccc(OC)cc6)C(=O)[C@@H]45)[C@H]23)cc1. The number of carbonyl (C=O) groups excluding carboxylic acids is 3. The highest BCUT2D eigenvalue weighted by Gasteiger charge is 2.69. The summed E-state index contributed by atoms with van der Waals surface area (Å²) in [5, 5.41) is 3.69. The topological polar surface area (TPSA) is 127 Å². The minimum Gasteiger partial charge on any atom is -0.497 e. The van der Waals surface area contributed by atoms with Crippen LogP contribution in [0.15, 0.2) is 82.6 Å². The fraction of sp³-hybridized carbons (Fsp3) is 0.314. The molecular formula is C35H31N3O7S2. The van der Waals surface area contributed by atoms with E-state index in [1.165, 1.54) is 16.2 Å². The molecule has 0 unspecified atom stereocenters. The lowest BCUT2D eigenvalue weighted by Gasteiger charge is -2.43. The van der Waals surface area contributed by atoms with Crippen molar-refractivity contribution in [3.8, 4) is 17.2 Å². The van der Waals surface area contributed by atoms with Gasteiger partial charge in [-0.1, -0.05) is 29.5 Å². The van der Waals surface area contributed by atoms with Gasteiger partial charge in [0.15, 0.2) is 6.61 Å². The van der Waals surface area contributed by atoms with E-state index in [2.05, 4.69) is 10.3 Å². The number of H-pyrrole nitrogens is 1. The van der Waals surface area contributed by atoms with Crippen LogP contribution >= 0.6 is 23.1 Å². The fourth-order valence-electron chi connectivity index (χ4n) is 8.23. The Morgan fingerprint density at radius 3 is 2.26 bits per heavy atom. The van der Waals surface area contributed by atoms with Gasteiger partial charge in [-0.3, -0.25) is 24.1 Å². The number of anilines is 2. The van der Waals surface area contributed by atoms with Crippen LogP contribution in [0.25, 0.3) is 0 Å². The van der Waals surface area contributed by atoms with Crippen molar-refractivity contribution in [3.63, 3.8) is 0 Å². The van der Waals surface area contributed by atoms with Crippen molar-refractivity contribution in [2.24, 2.45) is 29.6 Å². The number of hydrogen-bond donors (Lipinski definition) is 2. The molecule has 3 fully saturated rings. The van der Waals surface area contributed by atoms with Gasteiger partial charge in [-0.2, -0.15) is 0 Å². The molecule has 12 heteroatoms. The number of thiazole rings is 1. The van der Waals surface area contributed by atoms with Gasteiger partial charge >= 0.3 is 4.87 Å². The van der Waals surface area contributed by atoms with Crippen molar-refractivity contribution in [2.45, 2.75) is 22.6 Å². The van der Waals surface area contributed by atoms with Gasteiger partial charge in [0.1, 0.15) is 17.2 Å². The maximum absolute atomic E-state index is 14.1. The van der Waals surface area contributed by atoms with Crippen LogP contribution in [0.1, 0.15) is 22.8 Å². The summed E-state index contributed by atoms with van der Waals surface area (Å²) in [7, 11) is 3.16. The molecule has 7 atom stereocenters. The predicted octanol–water partition coefficient (Wildman–Crippen LogP) is 5.15. The van der Waals surface area contributed by atoms with Crippen molar-refractivity contribution >= 4 is 52.2 Å². The van der Waals surface area contributed by atoms with Crippen molar-refractivity contribution in [1.82, 2.24) is 4.98 Å². The van der Waals surface area contributed by atoms with Crippen LogP contribution in [0.3, 0.4) is 0 Å². The van der Waals surface area contributed by atoms with Gasteiger partial charge in [0.25, 0.3) is 5.91 Å². The minimum absolute atomic E-state index is 0.00403. The Kier molecular flexibility index (Phi) is 7.36. The Morgan fingerprint density at radius 1 is 0.894 bits per heavy atom. The predicted molar refractivity (Wildman–Crippen MR) is 178 cm³/mol. The lowest BCUT2D eigenvalue weighted by molar-refractivity contribution is -0.123. The molecule has 2 aliphatic carbocycles. The molecule has 4 aliphatic rings. The third kappa shape index (κ3) is 4.84. The van der Waals surface area contributed by atoms with Crippen LogP contribution in [0.2, 0.25) is 0 Å². The van der Waals surface area contributed by atoms with E-state index in [1.54, 1.807) is 74.5 Å². The Hall–Kier alpha value is -4.55. The van der Waals surface area contributed by atoms with Gasteiger partial charge < -0.3 is 24.5 Å². The largest absolute Gasteiger partial charge is 0.497 e. The normalized spacial score (nSPS) is 26.9. The lowest BCUT2D eigenvalue weighted by atomic mass is 9.68. The number of aromatic amines is 1. The van der Waals surface area contributed by atoms with E-state index < -0.39 is 11.8 Å². The number of nitrogens with zero attached hydrogens (tertiary/aromatic N) is 1. The van der Waals surface area contributed by atoms with Crippen LogP contribution in [0, 0.1) is 29.6 Å². The Bertz CT molecular complexity index is 1940. The van der Waals surface area contributed by atoms with Gasteiger partial charge in [-0.05, 0) is 78.8 Å². The molecule has 0 spiro atoms. The van der Waals surface area contributed by atoms with Crippen LogP contribution in [0.5, 0.6) is 17.2 Å². The maximum atomic E-state index is 14.1. The highest BCUT2D eigenvalue weighted by molar-refractivity contribution is 8.00. The van der Waals surface area contributed by atoms with E-state index in [1.807, 2.05) is 24.3 Å². The van der Waals surface area contributed by atoms with Crippen LogP contribution in [0.4, 0.5) is 11.4 Å². The molecule has 2 N–H and O–H groups in total. The summed E-state index contributed by atoms with van der Waals surface area (Å²) >= 11 is 2.82. The number of fused-ring (bicyclic) bond motifs is 9. The summed E-state index contributed by atoms with van der Waals surface area (Å²) in [5.41, 5.74) is 2.04. The van der Waals surface area contributed by atoms with Crippen LogP contribution < -0.4 is 29.3 Å². The second-order valence-corrected chi connectivity index (χ2v) is 14.5. The number of aromatic nitrogens is 1. The zero-order chi connectivity index (χ0) is 32.4. The molecule has 1 saturated heterocycles. The number of thioether (sulfide) groups is 1. The average Bonchev–Trinajstić information content (AvgIpc) is 3.83. The van der Waals surface area contributed by atoms with Crippen molar-refractivity contribution in [2.75, 3.05) is 31.0 Å². The highest BCUT2D eigenvalue weighted by Crippen LogP contribution is 2.69. The van der Waals surface area contributed by atoms with E-state index in [4.69, 9.17) is 14.2 Å². The summed E-state index contributed by atoms with van der Waals surface area (Å²) in [6, 6.07) is 21.7. The molecule has 10 nitrogen and oxygen atoms in total. The number of para-hydroxylation sites is 1. The number of nitrogens with one attached hydrogen (secondary N) is 2. The van der Waals surface area contributed by atoms with Gasteiger partial charge in [-0.15, -0.1) is 11.8 Å². The average molecular weight is 670 g/mol. The molecule has 2 saturated carbocycles. The van der Waals surface area contributed by atoms with E-state index in [-0.39, 0.29) is 58.1 Å². The molecule has 2 bridgehead atoms. The van der Waals surface area contributed by atoms with Gasteiger partial charge in [0.05, 0.1) is 36.8 Å². The van der Waals surface area contributed by atoms with E-state index in [0.717, 1.165) is 21.9 Å². The molecule has 1 aromatic heterocycles. The summed E-state index contributed by atoms with van der Waals surface area (Å²) in [4.78, 5) is 58.8. The van der Waals surface area contributed by atoms with Gasteiger partial charge in [0, 0.05) is 27.3 Å². The Morgan fingerprint density at radius 2 is 1.55 bits per heavy atom. The number of hydrogen-bond acceptors (Lipinski definition) is 9. The Balaban J connectivity index is 1.10. The Labute approximate surface area is 278 Å². The number of rotatable bonds is 8. The first-order valence-electron chi connectivity index (χ1n) is 15.4. The van der Waals surface area contributed by atoms with E-state index >= 15 is 0 Å². The summed E-state index contributed by atoms with van der Waals surface area (Å²) in [6.07, 6.45) is 0.772. The number of imide groups is 1. The molecule has 2 aliphatic heterocycles. The minimum atomic E-state index is -0.431. The van der Waals surface area contributed by atoms with Gasteiger partial charge in [0.2, 0.25) is 11.8 Å². The molecule has 8 rings (SSSR count). The van der Waals surface area contributed by atoms with Crippen LogP contribution in [-0.4, -0.2) is 48.8 Å². The fourth-order valence-corrected chi connectivity index (χ4v) is 11.1. The first kappa shape index (κ1) is 29.8. The zero-order valence-electron chi connectivity index (χ0n) is 25.5. The second kappa shape index (κ2) is 11.6. The number of methoxy groups -OCH3 is 2. The van der Waals surface area contributed by atoms with Gasteiger partial charge in [-0.25, -0.2) is 0 Å². The second-order valence-electron chi connectivity index (χ2n) is 12.3. The molecule has 3 amide bonds. The number of benzene rings is 3. The monoisotopic (exact) mass is 669 g/mol. The number of amides is 3. The lowest BCUT2D eigenvalue weighted by Crippen LogP contribution is -2.42. The first-order chi connectivity index (χ1) is 22.9. The van der Waals surface area contributed by atoms with E-state index in [0.29, 0.717) is 28.6 Å². The quantitative estimate of drug-likeness (QED) is 0.247. The molecule has 240 valence electrons. The van der Waals surface area contributed by atoms with Crippen molar-refractivity contribution < 1.29 is 28.6 Å². The molecule has 0 radical (unpaired) electrons. The maximum Gasteiger partial charge on any atom is 0.305 e. The molecular weight excluding hydrogens is 639 g/mol. The molecule has 3 aromatic carbocycles. The standard InChI is InChI=1S/C35H31N3O7S2/c1-43-19-11-7-17(8-12-19)36-25(39)16-45-24-6-4-3-5-21(24)26-27-22-15-23(30(27)46-32-31(26)47-35(42)37-32)29-28(22)33(40)38(34(29)41)18-9-13-20(44-2)14-10-18/h3-14,22-23,26-30H,15-16H2,1-2H3,(H,36,39)(H,37,42)/t22-,23-,26+,27-,28+,29+,30-/m1/s1. The number of ether oxygens (including phenoxy) is 3. The van der Waals surface area contributed by atoms with Crippen molar-refractivity contribution in [3.05, 3.63) is 92.9 Å². The summed E-state index contributed by atoms with van der Waals surface area (Å²) in [5.74, 6) is 0.126. The zero-order valence-corrected chi connectivity index (χ0v) is 27.1. The van der Waals surface area contributed by atoms with Crippen LogP contribution in [-0.2, 0) is 14.4 Å². The smallest absolute Gasteiger partial charge is 0.305 e. The summed E-state index contributed by atoms with van der Waals surface area (Å²) < 4.78 is 16.6. The van der Waals surface area contributed by atoms with Crippen molar-refractivity contribution in [1.29, 1.82) is 0 Å². The molecule has 4 aromatic rings. The first-order valence-corrected chi connectivity index (χ1v) is 17.1. The number of carbonyl (C=O) groups is 3. The third-order valence-corrected chi connectivity index (χ3v) is 12.6. The molecule has 3 heterocycles.